The Hall–Kier alpha value is -0.930. The van der Waals surface area contributed by atoms with Gasteiger partial charge in [0.05, 0.1) is 23.9 Å². The van der Waals surface area contributed by atoms with E-state index in [9.17, 15) is 0 Å². The minimum Gasteiger partial charge on any atom is -0.482 e. The Labute approximate surface area is 94.3 Å². The van der Waals surface area contributed by atoms with Crippen molar-refractivity contribution in [2.75, 3.05) is 25.1 Å². The number of hydrogen-bond donors (Lipinski definition) is 1. The van der Waals surface area contributed by atoms with Gasteiger partial charge in [-0.3, -0.25) is 0 Å². The predicted molar refractivity (Wildman–Crippen MR) is 60.9 cm³/mol. The molecule has 1 aromatic rings. The normalized spacial score (nSPS) is 18.9. The van der Waals surface area contributed by atoms with Gasteiger partial charge in [0.15, 0.2) is 5.75 Å². The average molecular weight is 228 g/mol. The number of ether oxygens (including phenoxy) is 2. The molecule has 1 aliphatic rings. The highest BCUT2D eigenvalue weighted by Gasteiger charge is 2.20. The van der Waals surface area contributed by atoms with Gasteiger partial charge in [0.2, 0.25) is 0 Å². The summed E-state index contributed by atoms with van der Waals surface area (Å²) in [6.45, 7) is 4.02. The number of nitrogens with one attached hydrogen (secondary N) is 1. The highest BCUT2D eigenvalue weighted by Crippen LogP contribution is 2.35. The maximum atomic E-state index is 6.04. The third kappa shape index (κ3) is 2.36. The zero-order valence-corrected chi connectivity index (χ0v) is 9.38. The van der Waals surface area contributed by atoms with Gasteiger partial charge in [-0.05, 0) is 19.1 Å². The van der Waals surface area contributed by atoms with Crippen LogP contribution in [0.2, 0.25) is 5.02 Å². The molecule has 1 atom stereocenters. The van der Waals surface area contributed by atoms with Crippen LogP contribution in [0.3, 0.4) is 0 Å². The summed E-state index contributed by atoms with van der Waals surface area (Å²) in [6.07, 6.45) is 0.0392. The van der Waals surface area contributed by atoms with E-state index in [1.807, 2.05) is 25.1 Å². The number of para-hydroxylation sites is 1. The Morgan fingerprint density at radius 1 is 1.60 bits per heavy atom. The van der Waals surface area contributed by atoms with Gasteiger partial charge < -0.3 is 14.8 Å². The van der Waals surface area contributed by atoms with E-state index in [0.717, 1.165) is 18.0 Å². The van der Waals surface area contributed by atoms with E-state index in [0.29, 0.717) is 18.2 Å². The van der Waals surface area contributed by atoms with E-state index in [4.69, 9.17) is 21.1 Å². The fraction of sp³-hybridized carbons (Fsp3) is 0.455. The van der Waals surface area contributed by atoms with E-state index in [1.165, 1.54) is 0 Å². The summed E-state index contributed by atoms with van der Waals surface area (Å²) in [4.78, 5) is 0. The maximum absolute atomic E-state index is 6.04. The van der Waals surface area contributed by atoms with Gasteiger partial charge in [0, 0.05) is 6.61 Å². The Morgan fingerprint density at radius 3 is 3.27 bits per heavy atom. The standard InChI is InChI=1S/C11H14ClNO2/c1-2-14-7-8-6-13-10-5-3-4-9(12)11(10)15-8/h3-5,8,13H,2,6-7H2,1H3. The van der Waals surface area contributed by atoms with Crippen molar-refractivity contribution >= 4 is 17.3 Å². The third-order valence-corrected chi connectivity index (χ3v) is 2.58. The second-order valence-electron chi connectivity index (χ2n) is 3.40. The minimum absolute atomic E-state index is 0.0392. The molecule has 1 heterocycles. The third-order valence-electron chi connectivity index (χ3n) is 2.28. The lowest BCUT2D eigenvalue weighted by molar-refractivity contribution is 0.0599. The zero-order valence-electron chi connectivity index (χ0n) is 8.63. The molecule has 15 heavy (non-hydrogen) atoms. The quantitative estimate of drug-likeness (QED) is 0.861. The summed E-state index contributed by atoms with van der Waals surface area (Å²) in [6, 6.07) is 5.68. The molecule has 1 aromatic carbocycles. The highest BCUT2D eigenvalue weighted by atomic mass is 35.5. The van der Waals surface area contributed by atoms with E-state index >= 15 is 0 Å². The zero-order chi connectivity index (χ0) is 10.7. The highest BCUT2D eigenvalue weighted by molar-refractivity contribution is 6.32. The second-order valence-corrected chi connectivity index (χ2v) is 3.80. The van der Waals surface area contributed by atoms with Crippen LogP contribution in [0.15, 0.2) is 18.2 Å². The predicted octanol–water partition coefficient (Wildman–Crippen LogP) is 2.55. The molecular weight excluding hydrogens is 214 g/mol. The van der Waals surface area contributed by atoms with E-state index in [-0.39, 0.29) is 6.10 Å². The first kappa shape index (κ1) is 10.6. The molecule has 2 rings (SSSR count). The lowest BCUT2D eigenvalue weighted by Crippen LogP contribution is -2.34. The molecule has 82 valence electrons. The lowest BCUT2D eigenvalue weighted by Gasteiger charge is -2.27. The Bertz CT molecular complexity index is 343. The van der Waals surface area contributed by atoms with Crippen molar-refractivity contribution in [1.29, 1.82) is 0 Å². The molecule has 0 fully saturated rings. The molecule has 0 amide bonds. The van der Waals surface area contributed by atoms with E-state index < -0.39 is 0 Å². The summed E-state index contributed by atoms with van der Waals surface area (Å²) in [5, 5.41) is 3.91. The van der Waals surface area contributed by atoms with Crippen LogP contribution in [0, 0.1) is 0 Å². The summed E-state index contributed by atoms with van der Waals surface area (Å²) in [5.41, 5.74) is 0.954. The molecule has 0 aliphatic carbocycles. The molecule has 0 saturated carbocycles. The van der Waals surface area contributed by atoms with Crippen molar-refractivity contribution in [2.45, 2.75) is 13.0 Å². The SMILES string of the molecule is CCOCC1CNc2cccc(Cl)c2O1. The molecule has 0 saturated heterocycles. The number of rotatable bonds is 3. The number of fused-ring (bicyclic) bond motifs is 1. The average Bonchev–Trinajstić information content (AvgIpc) is 2.27. The fourth-order valence-electron chi connectivity index (χ4n) is 1.54. The lowest BCUT2D eigenvalue weighted by atomic mass is 10.2. The van der Waals surface area contributed by atoms with Crippen molar-refractivity contribution in [2.24, 2.45) is 0 Å². The van der Waals surface area contributed by atoms with Crippen LogP contribution in [0.25, 0.3) is 0 Å². The molecule has 0 spiro atoms. The Kier molecular flexibility index (Phi) is 3.34. The maximum Gasteiger partial charge on any atom is 0.161 e. The number of halogens is 1. The monoisotopic (exact) mass is 227 g/mol. The molecule has 0 aromatic heterocycles. The molecule has 1 aliphatic heterocycles. The van der Waals surface area contributed by atoms with Crippen LogP contribution in [0.1, 0.15) is 6.92 Å². The first-order valence-corrected chi connectivity index (χ1v) is 5.46. The molecule has 0 bridgehead atoms. The molecule has 1 N–H and O–H groups in total. The van der Waals surface area contributed by atoms with Crippen molar-refractivity contribution in [3.05, 3.63) is 23.2 Å². The molecule has 0 radical (unpaired) electrons. The van der Waals surface area contributed by atoms with Gasteiger partial charge in [-0.25, -0.2) is 0 Å². The van der Waals surface area contributed by atoms with Crippen molar-refractivity contribution in [1.82, 2.24) is 0 Å². The summed E-state index contributed by atoms with van der Waals surface area (Å²) >= 11 is 6.04. The molecule has 1 unspecified atom stereocenters. The van der Waals surface area contributed by atoms with Crippen LogP contribution >= 0.6 is 11.6 Å². The Morgan fingerprint density at radius 2 is 2.47 bits per heavy atom. The minimum atomic E-state index is 0.0392. The summed E-state index contributed by atoms with van der Waals surface area (Å²) in [5.74, 6) is 0.732. The van der Waals surface area contributed by atoms with Gasteiger partial charge in [-0.1, -0.05) is 17.7 Å². The van der Waals surface area contributed by atoms with Gasteiger partial charge >= 0.3 is 0 Å². The topological polar surface area (TPSA) is 30.5 Å². The summed E-state index contributed by atoms with van der Waals surface area (Å²) in [7, 11) is 0. The number of hydrogen-bond acceptors (Lipinski definition) is 3. The van der Waals surface area contributed by atoms with Crippen molar-refractivity contribution in [3.63, 3.8) is 0 Å². The first-order chi connectivity index (χ1) is 7.31. The van der Waals surface area contributed by atoms with Crippen molar-refractivity contribution < 1.29 is 9.47 Å². The van der Waals surface area contributed by atoms with E-state index in [2.05, 4.69) is 5.32 Å². The van der Waals surface area contributed by atoms with Gasteiger partial charge in [-0.15, -0.1) is 0 Å². The number of anilines is 1. The van der Waals surface area contributed by atoms with Crippen LogP contribution in [0.4, 0.5) is 5.69 Å². The van der Waals surface area contributed by atoms with Gasteiger partial charge in [0.1, 0.15) is 6.10 Å². The molecule has 3 nitrogen and oxygen atoms in total. The van der Waals surface area contributed by atoms with Crippen molar-refractivity contribution in [3.8, 4) is 5.75 Å². The van der Waals surface area contributed by atoms with E-state index in [1.54, 1.807) is 0 Å². The van der Waals surface area contributed by atoms with Crippen LogP contribution < -0.4 is 10.1 Å². The smallest absolute Gasteiger partial charge is 0.161 e. The number of benzene rings is 1. The van der Waals surface area contributed by atoms with Crippen LogP contribution in [-0.4, -0.2) is 25.9 Å². The second kappa shape index (κ2) is 4.73. The summed E-state index contributed by atoms with van der Waals surface area (Å²) < 4.78 is 11.1. The first-order valence-electron chi connectivity index (χ1n) is 5.08. The molecular formula is C11H14ClNO2. The Balaban J connectivity index is 2.08. The largest absolute Gasteiger partial charge is 0.482 e. The van der Waals surface area contributed by atoms with Gasteiger partial charge in [-0.2, -0.15) is 0 Å². The van der Waals surface area contributed by atoms with Crippen LogP contribution in [0.5, 0.6) is 5.75 Å². The van der Waals surface area contributed by atoms with Gasteiger partial charge in [0.25, 0.3) is 0 Å². The fourth-order valence-corrected chi connectivity index (χ4v) is 1.76. The molecule has 4 heteroatoms. The van der Waals surface area contributed by atoms with Crippen LogP contribution in [-0.2, 0) is 4.74 Å².